The lowest BCUT2D eigenvalue weighted by Crippen LogP contribution is -2.26. The number of hydrogen-bond donors (Lipinski definition) is 0. The van der Waals surface area contributed by atoms with Crippen molar-refractivity contribution in [1.29, 1.82) is 0 Å². The third kappa shape index (κ3) is 6.83. The molecule has 0 fully saturated rings. The van der Waals surface area contributed by atoms with Crippen LogP contribution < -0.4 is 14.5 Å². The van der Waals surface area contributed by atoms with E-state index in [1.165, 1.54) is 38.7 Å². The maximum atomic E-state index is 7.04. The van der Waals surface area contributed by atoms with Crippen LogP contribution in [0.3, 0.4) is 0 Å². The van der Waals surface area contributed by atoms with Gasteiger partial charge < -0.3 is 23.4 Å². The van der Waals surface area contributed by atoms with Gasteiger partial charge in [0.15, 0.2) is 11.3 Å². The van der Waals surface area contributed by atoms with Crippen molar-refractivity contribution < 1.29 is 13.6 Å². The minimum Gasteiger partial charge on any atom is -0.485 e. The van der Waals surface area contributed by atoms with E-state index in [2.05, 4.69) is 240 Å². The van der Waals surface area contributed by atoms with Crippen LogP contribution in [-0.4, -0.2) is 6.10 Å². The number of rotatable bonds is 8. The van der Waals surface area contributed by atoms with Crippen LogP contribution in [0.5, 0.6) is 5.75 Å². The maximum absolute atomic E-state index is 7.04. The van der Waals surface area contributed by atoms with E-state index >= 15 is 0 Å². The fourth-order valence-corrected chi connectivity index (χ4v) is 12.1. The summed E-state index contributed by atoms with van der Waals surface area (Å²) in [5.41, 5.74) is 18.9. The van der Waals surface area contributed by atoms with Gasteiger partial charge in [0.25, 0.3) is 0 Å². The summed E-state index contributed by atoms with van der Waals surface area (Å²) >= 11 is 0. The van der Waals surface area contributed by atoms with Gasteiger partial charge in [-0.2, -0.15) is 0 Å². The predicted octanol–water partition coefficient (Wildman–Crippen LogP) is 18.2. The molecule has 1 aliphatic heterocycles. The number of benzene rings is 9. The number of anilines is 4. The van der Waals surface area contributed by atoms with Gasteiger partial charge in [-0.05, 0) is 125 Å². The number of allylic oxidation sites excluding steroid dienone is 5. The molecule has 3 aliphatic carbocycles. The summed E-state index contributed by atoms with van der Waals surface area (Å²) in [6, 6.07) is 73.4. The standard InChI is InChI=1S/C68H48N2O3/c1-5-17-43(18-6-1)53-25-13-27-55-57-29-15-31-61(67(57)72-65(53)55)69(49-21-9-3-10-22-49)51-35-33-45-39-59-60-40-46-34-36-52(38-48(46)42-64(60)71-63(59)41-47(45)37-51)70(50-23-11-4-12-24-50)62-32-16-30-58-56-28-14-26-54(66(56)73-68(58)62)44-19-7-2-8-20-44/h1-15,17-29,31-33,35,37-42,60,64H,16,30,34,36H2. The molecule has 0 saturated carbocycles. The van der Waals surface area contributed by atoms with Gasteiger partial charge in [-0.1, -0.05) is 164 Å². The molecule has 3 heterocycles. The minimum atomic E-state index is -0.106. The molecule has 0 amide bonds. The number of furan rings is 2. The third-order valence-corrected chi connectivity index (χ3v) is 15.5. The molecular weight excluding hydrogens is 893 g/mol. The molecule has 5 heteroatoms. The molecule has 2 unspecified atom stereocenters. The Bertz CT molecular complexity index is 4120. The fraction of sp³-hybridized carbons (Fsp3) is 0.0882. The number of fused-ring (bicyclic) bond motifs is 11. The van der Waals surface area contributed by atoms with E-state index in [1.54, 1.807) is 0 Å². The van der Waals surface area contributed by atoms with Gasteiger partial charge in [0.05, 0.1) is 11.4 Å². The van der Waals surface area contributed by atoms with Crippen LogP contribution >= 0.6 is 0 Å². The van der Waals surface area contributed by atoms with Crippen LogP contribution in [0.15, 0.2) is 256 Å². The largest absolute Gasteiger partial charge is 0.485 e. The minimum absolute atomic E-state index is 0.106. The second-order valence-electron chi connectivity index (χ2n) is 19.7. The lowest BCUT2D eigenvalue weighted by atomic mass is 9.80. The maximum Gasteiger partial charge on any atom is 0.159 e. The van der Waals surface area contributed by atoms with Crippen LogP contribution in [0.25, 0.3) is 71.6 Å². The Morgan fingerprint density at radius 2 is 1.11 bits per heavy atom. The monoisotopic (exact) mass is 940 g/mol. The Labute approximate surface area is 423 Å². The van der Waals surface area contributed by atoms with Gasteiger partial charge in [-0.25, -0.2) is 0 Å². The van der Waals surface area contributed by atoms with Crippen molar-refractivity contribution in [2.75, 3.05) is 9.80 Å². The molecule has 11 aromatic rings. The van der Waals surface area contributed by atoms with Gasteiger partial charge in [0.2, 0.25) is 0 Å². The first-order valence-electron chi connectivity index (χ1n) is 25.6. The molecular formula is C68H48N2O3. The van der Waals surface area contributed by atoms with Crippen molar-refractivity contribution in [3.05, 3.63) is 264 Å². The molecule has 4 aliphatic rings. The lowest BCUT2D eigenvalue weighted by molar-refractivity contribution is 0.267. The molecule has 0 radical (unpaired) electrons. The molecule has 0 N–H and O–H groups in total. The van der Waals surface area contributed by atoms with Crippen molar-refractivity contribution in [1.82, 2.24) is 0 Å². The zero-order valence-corrected chi connectivity index (χ0v) is 40.0. The Morgan fingerprint density at radius 3 is 1.84 bits per heavy atom. The normalized spacial score (nSPS) is 16.7. The Morgan fingerprint density at radius 1 is 0.466 bits per heavy atom. The number of aryl methyl sites for hydroxylation is 1. The van der Waals surface area contributed by atoms with E-state index in [0.717, 1.165) is 121 Å². The van der Waals surface area contributed by atoms with Gasteiger partial charge in [0, 0.05) is 67.1 Å². The van der Waals surface area contributed by atoms with E-state index in [1.807, 2.05) is 0 Å². The summed E-state index contributed by atoms with van der Waals surface area (Å²) in [6.45, 7) is 0. The number of hydrogen-bond acceptors (Lipinski definition) is 5. The zero-order valence-electron chi connectivity index (χ0n) is 40.0. The van der Waals surface area contributed by atoms with E-state index < -0.39 is 0 Å². The van der Waals surface area contributed by atoms with E-state index in [4.69, 9.17) is 13.6 Å². The molecule has 2 atom stereocenters. The Kier molecular flexibility index (Phi) is 9.59. The van der Waals surface area contributed by atoms with Crippen LogP contribution in [0, 0.1) is 0 Å². The highest BCUT2D eigenvalue weighted by Crippen LogP contribution is 2.51. The van der Waals surface area contributed by atoms with Gasteiger partial charge in [-0.15, -0.1) is 0 Å². The molecule has 348 valence electrons. The van der Waals surface area contributed by atoms with Gasteiger partial charge in [-0.3, -0.25) is 0 Å². The summed E-state index contributed by atoms with van der Waals surface area (Å²) in [6.07, 6.45) is 13.3. The van der Waals surface area contributed by atoms with E-state index in [9.17, 15) is 0 Å². The molecule has 73 heavy (non-hydrogen) atoms. The number of nitrogens with zero attached hydrogens (tertiary/aromatic N) is 2. The van der Waals surface area contributed by atoms with E-state index in [-0.39, 0.29) is 12.0 Å². The number of ether oxygens (including phenoxy) is 1. The SMILES string of the molecule is C1=C2C=C(N(C3=CCCc4c3oc3c(-c5ccccc5)cccc43)c3ccccc3)CCC2=CC2c3cc4ccc(N(c5ccccc5)c5cccc6c5oc5c(-c7ccccc7)cccc56)cc4cc3OC12. The molecule has 5 nitrogen and oxygen atoms in total. The van der Waals surface area contributed by atoms with Gasteiger partial charge in [0.1, 0.15) is 23.0 Å². The van der Waals surface area contributed by atoms with Crippen LogP contribution in [-0.2, 0) is 6.42 Å². The predicted molar refractivity (Wildman–Crippen MR) is 299 cm³/mol. The summed E-state index contributed by atoms with van der Waals surface area (Å²) < 4.78 is 21.0. The fourth-order valence-electron chi connectivity index (χ4n) is 12.1. The van der Waals surface area contributed by atoms with Crippen molar-refractivity contribution in [3.8, 4) is 28.0 Å². The first-order chi connectivity index (χ1) is 36.2. The zero-order chi connectivity index (χ0) is 48.0. The highest BCUT2D eigenvalue weighted by Gasteiger charge is 2.37. The quantitative estimate of drug-likeness (QED) is 0.152. The van der Waals surface area contributed by atoms with Crippen LogP contribution in [0.4, 0.5) is 22.7 Å². The molecule has 0 bridgehead atoms. The summed E-state index contributed by atoms with van der Waals surface area (Å²) in [4.78, 5) is 4.78. The highest BCUT2D eigenvalue weighted by atomic mass is 16.5. The van der Waals surface area contributed by atoms with Crippen molar-refractivity contribution in [2.24, 2.45) is 0 Å². The second kappa shape index (κ2) is 16.8. The second-order valence-corrected chi connectivity index (χ2v) is 19.7. The molecule has 15 rings (SSSR count). The summed E-state index contributed by atoms with van der Waals surface area (Å²) in [5, 5.41) is 5.70. The average molecular weight is 941 g/mol. The van der Waals surface area contributed by atoms with Crippen molar-refractivity contribution >= 4 is 72.1 Å². The topological polar surface area (TPSA) is 42.0 Å². The van der Waals surface area contributed by atoms with Crippen molar-refractivity contribution in [3.63, 3.8) is 0 Å². The average Bonchev–Trinajstić information content (AvgIpc) is 4.15. The summed E-state index contributed by atoms with van der Waals surface area (Å²) in [7, 11) is 0. The first kappa shape index (κ1) is 41.7. The van der Waals surface area contributed by atoms with Gasteiger partial charge >= 0.3 is 0 Å². The molecule has 0 spiro atoms. The first-order valence-corrected chi connectivity index (χ1v) is 25.6. The molecule has 9 aromatic carbocycles. The smallest absolute Gasteiger partial charge is 0.159 e. The van der Waals surface area contributed by atoms with E-state index in [0.29, 0.717) is 0 Å². The van der Waals surface area contributed by atoms with Crippen molar-refractivity contribution in [2.45, 2.75) is 37.7 Å². The Hall–Kier alpha value is -9.06. The lowest BCUT2D eigenvalue weighted by Gasteiger charge is -2.35. The van der Waals surface area contributed by atoms with Crippen LogP contribution in [0.1, 0.15) is 42.1 Å². The Balaban J connectivity index is 0.780. The third-order valence-electron chi connectivity index (χ3n) is 15.5. The molecule has 0 saturated heterocycles. The summed E-state index contributed by atoms with van der Waals surface area (Å²) in [5.74, 6) is 2.05. The number of para-hydroxylation sites is 5. The van der Waals surface area contributed by atoms with Crippen LogP contribution in [0.2, 0.25) is 0 Å². The molecule has 2 aromatic heterocycles. The highest BCUT2D eigenvalue weighted by molar-refractivity contribution is 6.13.